The number of aromatic nitrogens is 2. The molecule has 5 heterocycles. The fraction of sp³-hybridized carbons (Fsp3) is 0.556. The highest BCUT2D eigenvalue weighted by Gasteiger charge is 2.54. The number of ether oxygens (including phenoxy) is 1. The molecule has 2 atom stereocenters. The lowest BCUT2D eigenvalue weighted by Gasteiger charge is -2.50. The number of rotatable bonds is 1. The van der Waals surface area contributed by atoms with Crippen molar-refractivity contribution in [3.63, 3.8) is 0 Å². The van der Waals surface area contributed by atoms with Crippen LogP contribution < -0.4 is 10.6 Å². The van der Waals surface area contributed by atoms with E-state index in [4.69, 9.17) is 15.5 Å². The van der Waals surface area contributed by atoms with Crippen molar-refractivity contribution in [1.82, 2.24) is 14.9 Å². The maximum absolute atomic E-state index is 6.34. The minimum atomic E-state index is -0.442. The normalized spacial score (nSPS) is 35.2. The summed E-state index contributed by atoms with van der Waals surface area (Å²) in [5.41, 5.74) is 9.21. The fourth-order valence-corrected chi connectivity index (χ4v) is 4.62. The smallest absolute Gasteiger partial charge is 0.186 e. The molecule has 4 fully saturated rings. The Balaban J connectivity index is 1.49. The van der Waals surface area contributed by atoms with Crippen molar-refractivity contribution in [3.8, 4) is 0 Å². The minimum absolute atomic E-state index is 0.140. The first-order valence-corrected chi connectivity index (χ1v) is 8.79. The molecule has 1 aromatic heterocycles. The van der Waals surface area contributed by atoms with Gasteiger partial charge in [0.25, 0.3) is 0 Å². The van der Waals surface area contributed by atoms with Crippen LogP contribution in [0.3, 0.4) is 0 Å². The molecule has 6 nitrogen and oxygen atoms in total. The van der Waals surface area contributed by atoms with Crippen molar-refractivity contribution in [3.05, 3.63) is 30.0 Å². The summed E-state index contributed by atoms with van der Waals surface area (Å²) < 4.78 is 6.32. The first-order chi connectivity index (χ1) is 11.6. The van der Waals surface area contributed by atoms with Gasteiger partial charge in [-0.2, -0.15) is 0 Å². The number of aryl methyl sites for hydroxylation is 1. The van der Waals surface area contributed by atoms with Crippen molar-refractivity contribution < 1.29 is 4.74 Å². The van der Waals surface area contributed by atoms with Gasteiger partial charge in [0.2, 0.25) is 0 Å². The highest BCUT2D eigenvalue weighted by Crippen LogP contribution is 2.43. The quantitative estimate of drug-likeness (QED) is 0.857. The summed E-state index contributed by atoms with van der Waals surface area (Å²) in [5, 5.41) is 0. The van der Waals surface area contributed by atoms with E-state index >= 15 is 0 Å². The lowest BCUT2D eigenvalue weighted by atomic mass is 9.75. The first kappa shape index (κ1) is 14.6. The predicted octanol–water partition coefficient (Wildman–Crippen LogP) is 1.48. The lowest BCUT2D eigenvalue weighted by molar-refractivity contribution is -0.137. The third-order valence-corrected chi connectivity index (χ3v) is 5.90. The zero-order valence-corrected chi connectivity index (χ0v) is 14.0. The summed E-state index contributed by atoms with van der Waals surface area (Å²) in [5.74, 6) is 1.42. The number of benzene rings is 1. The lowest BCUT2D eigenvalue weighted by Crippen LogP contribution is -2.61. The third kappa shape index (κ3) is 2.13. The van der Waals surface area contributed by atoms with E-state index in [2.05, 4.69) is 33.8 Å². The first-order valence-electron chi connectivity index (χ1n) is 8.79. The Bertz CT molecular complexity index is 788. The van der Waals surface area contributed by atoms with E-state index < -0.39 is 6.35 Å². The van der Waals surface area contributed by atoms with Gasteiger partial charge in [0, 0.05) is 6.54 Å². The van der Waals surface area contributed by atoms with Gasteiger partial charge >= 0.3 is 0 Å². The molecule has 1 spiro atoms. The molecule has 4 saturated heterocycles. The summed E-state index contributed by atoms with van der Waals surface area (Å²) in [6.45, 7) is 6.25. The monoisotopic (exact) mass is 325 g/mol. The van der Waals surface area contributed by atoms with Gasteiger partial charge in [-0.3, -0.25) is 10.7 Å². The molecule has 0 radical (unpaired) electrons. The molecule has 4 aliphatic heterocycles. The molecule has 6 heteroatoms. The van der Waals surface area contributed by atoms with Crippen LogP contribution in [0.1, 0.15) is 18.4 Å². The Morgan fingerprint density at radius 1 is 1.21 bits per heavy atom. The van der Waals surface area contributed by atoms with E-state index in [-0.39, 0.29) is 5.60 Å². The Labute approximate surface area is 141 Å². The van der Waals surface area contributed by atoms with Crippen molar-refractivity contribution >= 4 is 16.9 Å². The van der Waals surface area contributed by atoms with Crippen molar-refractivity contribution in [2.45, 2.75) is 31.7 Å². The number of hydrogen-bond donors (Lipinski definition) is 1. The maximum Gasteiger partial charge on any atom is 0.186 e. The molecule has 0 amide bonds. The second-order valence-electron chi connectivity index (χ2n) is 7.47. The number of nitrogens with zero attached hydrogens (tertiary/aromatic N) is 4. The van der Waals surface area contributed by atoms with E-state index in [1.807, 2.05) is 12.3 Å². The van der Waals surface area contributed by atoms with Crippen molar-refractivity contribution in [1.29, 1.82) is 0 Å². The van der Waals surface area contributed by atoms with E-state index in [1.165, 1.54) is 31.5 Å². The van der Waals surface area contributed by atoms with Gasteiger partial charge in [0.15, 0.2) is 12.2 Å². The largest absolute Gasteiger partial charge is 0.335 e. The standard InChI is InChI=1S/C18H23N5O/c1-12-2-3-14-15(8-12)21-16(9-20-14)23-11-18(24-17(23)19)10-22-6-4-13(18)5-7-22/h2-3,8-9,13,17H,4-7,10-11,19H2,1H3. The van der Waals surface area contributed by atoms with Crippen molar-refractivity contribution in [2.75, 3.05) is 31.1 Å². The molecule has 0 saturated carbocycles. The summed E-state index contributed by atoms with van der Waals surface area (Å²) in [4.78, 5) is 13.9. The molecule has 0 aliphatic carbocycles. The Kier molecular flexibility index (Phi) is 3.11. The second-order valence-corrected chi connectivity index (χ2v) is 7.47. The van der Waals surface area contributed by atoms with Crippen LogP contribution in [-0.2, 0) is 4.74 Å². The number of anilines is 1. The number of piperidine rings is 3. The summed E-state index contributed by atoms with van der Waals surface area (Å²) in [7, 11) is 0. The van der Waals surface area contributed by atoms with Crippen molar-refractivity contribution in [2.24, 2.45) is 11.7 Å². The Morgan fingerprint density at radius 2 is 2.04 bits per heavy atom. The number of nitrogens with two attached hydrogens (primary N) is 1. The molecule has 2 aromatic rings. The molecular formula is C18H23N5O. The summed E-state index contributed by atoms with van der Waals surface area (Å²) in [6, 6.07) is 6.14. The fourth-order valence-electron chi connectivity index (χ4n) is 4.62. The molecule has 24 heavy (non-hydrogen) atoms. The van der Waals surface area contributed by atoms with E-state index in [0.717, 1.165) is 29.9 Å². The average Bonchev–Trinajstić information content (AvgIpc) is 2.91. The van der Waals surface area contributed by atoms with Gasteiger partial charge in [-0.05, 0) is 56.5 Å². The van der Waals surface area contributed by atoms with Gasteiger partial charge in [-0.15, -0.1) is 0 Å². The van der Waals surface area contributed by atoms with Gasteiger partial charge < -0.3 is 14.5 Å². The molecular weight excluding hydrogens is 302 g/mol. The molecule has 4 aliphatic rings. The van der Waals surface area contributed by atoms with E-state index in [9.17, 15) is 0 Å². The highest BCUT2D eigenvalue weighted by atomic mass is 16.6. The van der Waals surface area contributed by atoms with Crippen LogP contribution >= 0.6 is 0 Å². The van der Waals surface area contributed by atoms with Crippen LogP contribution in [0.2, 0.25) is 0 Å². The molecule has 2 bridgehead atoms. The number of fused-ring (bicyclic) bond motifs is 3. The minimum Gasteiger partial charge on any atom is -0.335 e. The van der Waals surface area contributed by atoms with Gasteiger partial charge in [-0.1, -0.05) is 6.07 Å². The van der Waals surface area contributed by atoms with Crippen LogP contribution in [0.4, 0.5) is 5.82 Å². The van der Waals surface area contributed by atoms with E-state index in [0.29, 0.717) is 5.92 Å². The summed E-state index contributed by atoms with van der Waals surface area (Å²) >= 11 is 0. The van der Waals surface area contributed by atoms with Gasteiger partial charge in [0.05, 0.1) is 23.8 Å². The molecule has 6 rings (SSSR count). The van der Waals surface area contributed by atoms with E-state index in [1.54, 1.807) is 0 Å². The topological polar surface area (TPSA) is 67.5 Å². The Hall–Kier alpha value is -1.76. The predicted molar refractivity (Wildman–Crippen MR) is 92.6 cm³/mol. The SMILES string of the molecule is Cc1ccc2ncc(N3CC4(CN5CCC4CC5)OC3N)nc2c1. The van der Waals surface area contributed by atoms with Crippen LogP contribution in [0.15, 0.2) is 24.4 Å². The van der Waals surface area contributed by atoms with Crippen LogP contribution in [-0.4, -0.2) is 53.0 Å². The third-order valence-electron chi connectivity index (χ3n) is 5.90. The van der Waals surface area contributed by atoms with Gasteiger partial charge in [0.1, 0.15) is 5.60 Å². The molecule has 2 unspecified atom stereocenters. The number of hydrogen-bond acceptors (Lipinski definition) is 6. The highest BCUT2D eigenvalue weighted by molar-refractivity contribution is 5.76. The molecule has 126 valence electrons. The van der Waals surface area contributed by atoms with Crippen LogP contribution in [0, 0.1) is 12.8 Å². The van der Waals surface area contributed by atoms with Crippen LogP contribution in [0.25, 0.3) is 11.0 Å². The Morgan fingerprint density at radius 3 is 2.79 bits per heavy atom. The zero-order valence-electron chi connectivity index (χ0n) is 14.0. The zero-order chi connectivity index (χ0) is 16.3. The molecule has 1 aromatic carbocycles. The second kappa shape index (κ2) is 5.12. The maximum atomic E-state index is 6.34. The van der Waals surface area contributed by atoms with Gasteiger partial charge in [-0.25, -0.2) is 4.98 Å². The average molecular weight is 325 g/mol. The molecule has 2 N–H and O–H groups in total. The van der Waals surface area contributed by atoms with Crippen LogP contribution in [0.5, 0.6) is 0 Å². The summed E-state index contributed by atoms with van der Waals surface area (Å²) in [6.07, 6.45) is 3.80.